The second kappa shape index (κ2) is 12.3. The maximum absolute atomic E-state index is 12.2. The Kier molecular flexibility index (Phi) is 9.11. The Bertz CT molecular complexity index is 963. The predicted molar refractivity (Wildman–Crippen MR) is 124 cm³/mol. The molecule has 0 unspecified atom stereocenters. The van der Waals surface area contributed by atoms with E-state index in [9.17, 15) is 4.79 Å². The molecule has 0 fully saturated rings. The Morgan fingerprint density at radius 3 is 2.77 bits per heavy atom. The standard InChI is InChI=1S/C22H30N6O2S/c1-3-14-31-22-26-20(24-11-13-30-4-2)18-16-25-28(21(18)27-22)12-10-23-19(29)15-17-8-6-5-7-9-17/h5-9,16H,3-4,10-15H2,1-2H3,(H,23,29)(H,24,26,27). The number of rotatable bonds is 13. The van der Waals surface area contributed by atoms with Gasteiger partial charge >= 0.3 is 0 Å². The van der Waals surface area contributed by atoms with Crippen LogP contribution in [0.1, 0.15) is 25.8 Å². The lowest BCUT2D eigenvalue weighted by Crippen LogP contribution is -2.28. The molecule has 3 aromatic rings. The molecule has 1 amide bonds. The van der Waals surface area contributed by atoms with Crippen molar-refractivity contribution in [3.05, 3.63) is 42.1 Å². The van der Waals surface area contributed by atoms with Gasteiger partial charge in [0.1, 0.15) is 5.82 Å². The summed E-state index contributed by atoms with van der Waals surface area (Å²) in [6.07, 6.45) is 3.19. The van der Waals surface area contributed by atoms with Crippen LogP contribution in [-0.4, -0.2) is 57.7 Å². The van der Waals surface area contributed by atoms with E-state index in [4.69, 9.17) is 9.72 Å². The SMILES string of the molecule is CCCSc1nc(NCCOCC)c2cnn(CCNC(=O)Cc3ccccc3)c2n1. The zero-order valence-corrected chi connectivity index (χ0v) is 19.0. The Labute approximate surface area is 187 Å². The van der Waals surface area contributed by atoms with E-state index in [0.29, 0.717) is 39.3 Å². The van der Waals surface area contributed by atoms with E-state index in [2.05, 4.69) is 27.6 Å². The molecule has 9 heteroatoms. The van der Waals surface area contributed by atoms with Crippen molar-refractivity contribution in [2.24, 2.45) is 0 Å². The third kappa shape index (κ3) is 6.93. The molecule has 0 bridgehead atoms. The first-order chi connectivity index (χ1) is 15.2. The molecular formula is C22H30N6O2S. The van der Waals surface area contributed by atoms with Crippen molar-refractivity contribution in [1.29, 1.82) is 0 Å². The number of fused-ring (bicyclic) bond motifs is 1. The van der Waals surface area contributed by atoms with E-state index in [1.807, 2.05) is 41.9 Å². The molecule has 0 atom stereocenters. The molecule has 0 aliphatic rings. The molecule has 0 aliphatic carbocycles. The third-order valence-corrected chi connectivity index (χ3v) is 5.56. The molecule has 0 aliphatic heterocycles. The van der Waals surface area contributed by atoms with Crippen molar-refractivity contribution >= 4 is 34.5 Å². The number of ether oxygens (including phenoxy) is 1. The highest BCUT2D eigenvalue weighted by molar-refractivity contribution is 7.99. The van der Waals surface area contributed by atoms with Crippen LogP contribution in [0.15, 0.2) is 41.7 Å². The lowest BCUT2D eigenvalue weighted by Gasteiger charge is -2.10. The number of anilines is 1. The summed E-state index contributed by atoms with van der Waals surface area (Å²) in [7, 11) is 0. The highest BCUT2D eigenvalue weighted by Gasteiger charge is 2.13. The largest absolute Gasteiger partial charge is 0.380 e. The van der Waals surface area contributed by atoms with Crippen LogP contribution < -0.4 is 10.6 Å². The zero-order valence-electron chi connectivity index (χ0n) is 18.1. The molecule has 0 spiro atoms. The number of thioether (sulfide) groups is 1. The van der Waals surface area contributed by atoms with Gasteiger partial charge in [-0.25, -0.2) is 14.6 Å². The van der Waals surface area contributed by atoms with Gasteiger partial charge in [-0.1, -0.05) is 49.0 Å². The van der Waals surface area contributed by atoms with Crippen molar-refractivity contribution in [2.45, 2.75) is 38.4 Å². The van der Waals surface area contributed by atoms with E-state index in [-0.39, 0.29) is 5.91 Å². The number of amides is 1. The first kappa shape index (κ1) is 23.0. The second-order valence-corrected chi connectivity index (χ2v) is 8.01. The maximum atomic E-state index is 12.2. The first-order valence-electron chi connectivity index (χ1n) is 10.7. The Hall–Kier alpha value is -2.65. The molecule has 0 saturated carbocycles. The molecule has 0 radical (unpaired) electrons. The van der Waals surface area contributed by atoms with Gasteiger partial charge in [0.25, 0.3) is 0 Å². The van der Waals surface area contributed by atoms with Gasteiger partial charge in [-0.2, -0.15) is 5.10 Å². The Balaban J connectivity index is 1.66. The first-order valence-corrected chi connectivity index (χ1v) is 11.7. The van der Waals surface area contributed by atoms with Gasteiger partial charge in [0.05, 0.1) is 31.2 Å². The van der Waals surface area contributed by atoms with Gasteiger partial charge in [0.15, 0.2) is 10.8 Å². The maximum Gasteiger partial charge on any atom is 0.224 e. The number of carbonyl (C=O) groups excluding carboxylic acids is 1. The summed E-state index contributed by atoms with van der Waals surface area (Å²) in [6, 6.07) is 9.72. The minimum Gasteiger partial charge on any atom is -0.380 e. The highest BCUT2D eigenvalue weighted by Crippen LogP contribution is 2.24. The predicted octanol–water partition coefficient (Wildman–Crippen LogP) is 3.14. The fourth-order valence-electron chi connectivity index (χ4n) is 3.02. The van der Waals surface area contributed by atoms with Crippen molar-refractivity contribution in [1.82, 2.24) is 25.1 Å². The number of hydrogen-bond acceptors (Lipinski definition) is 7. The number of aromatic nitrogens is 4. The van der Waals surface area contributed by atoms with Gasteiger partial charge in [0, 0.05) is 25.4 Å². The highest BCUT2D eigenvalue weighted by atomic mass is 32.2. The molecule has 2 N–H and O–H groups in total. The van der Waals surface area contributed by atoms with Gasteiger partial charge in [0.2, 0.25) is 5.91 Å². The van der Waals surface area contributed by atoms with Crippen LogP contribution in [0.5, 0.6) is 0 Å². The molecule has 166 valence electrons. The molecule has 2 aromatic heterocycles. The number of carbonyl (C=O) groups is 1. The average Bonchev–Trinajstić information content (AvgIpc) is 3.19. The summed E-state index contributed by atoms with van der Waals surface area (Å²) in [4.78, 5) is 21.6. The monoisotopic (exact) mass is 442 g/mol. The molecule has 31 heavy (non-hydrogen) atoms. The summed E-state index contributed by atoms with van der Waals surface area (Å²) in [6.45, 7) is 7.10. The Morgan fingerprint density at radius 2 is 2.00 bits per heavy atom. The summed E-state index contributed by atoms with van der Waals surface area (Å²) < 4.78 is 7.24. The van der Waals surface area contributed by atoms with Crippen molar-refractivity contribution < 1.29 is 9.53 Å². The van der Waals surface area contributed by atoms with E-state index in [1.54, 1.807) is 18.0 Å². The molecule has 0 saturated heterocycles. The molecular weight excluding hydrogens is 412 g/mol. The van der Waals surface area contributed by atoms with Gasteiger partial charge in [-0.3, -0.25) is 4.79 Å². The van der Waals surface area contributed by atoms with E-state index < -0.39 is 0 Å². The molecule has 3 rings (SSSR count). The van der Waals surface area contributed by atoms with Crippen LogP contribution in [0.25, 0.3) is 11.0 Å². The third-order valence-electron chi connectivity index (χ3n) is 4.51. The Morgan fingerprint density at radius 1 is 1.16 bits per heavy atom. The lowest BCUT2D eigenvalue weighted by atomic mass is 10.1. The second-order valence-electron chi connectivity index (χ2n) is 6.94. The van der Waals surface area contributed by atoms with Crippen LogP contribution in [0.2, 0.25) is 0 Å². The van der Waals surface area contributed by atoms with Crippen LogP contribution in [0.4, 0.5) is 5.82 Å². The van der Waals surface area contributed by atoms with Crippen LogP contribution in [0, 0.1) is 0 Å². The summed E-state index contributed by atoms with van der Waals surface area (Å²) in [5.74, 6) is 1.71. The van der Waals surface area contributed by atoms with Crippen LogP contribution in [-0.2, 0) is 22.5 Å². The van der Waals surface area contributed by atoms with Crippen molar-refractivity contribution in [3.8, 4) is 0 Å². The number of benzene rings is 1. The minimum absolute atomic E-state index is 0.00485. The summed E-state index contributed by atoms with van der Waals surface area (Å²) in [5, 5.41) is 12.4. The van der Waals surface area contributed by atoms with E-state index >= 15 is 0 Å². The smallest absolute Gasteiger partial charge is 0.224 e. The number of hydrogen-bond donors (Lipinski definition) is 2. The minimum atomic E-state index is -0.00485. The van der Waals surface area contributed by atoms with Gasteiger partial charge < -0.3 is 15.4 Å². The average molecular weight is 443 g/mol. The molecule has 8 nitrogen and oxygen atoms in total. The van der Waals surface area contributed by atoms with Gasteiger partial charge in [-0.15, -0.1) is 0 Å². The zero-order chi connectivity index (χ0) is 21.9. The molecule has 1 aromatic carbocycles. The van der Waals surface area contributed by atoms with Crippen molar-refractivity contribution in [3.63, 3.8) is 0 Å². The van der Waals surface area contributed by atoms with Crippen LogP contribution in [0.3, 0.4) is 0 Å². The number of nitrogens with zero attached hydrogens (tertiary/aromatic N) is 4. The fraction of sp³-hybridized carbons (Fsp3) is 0.455. The van der Waals surface area contributed by atoms with Crippen LogP contribution >= 0.6 is 11.8 Å². The fourth-order valence-corrected chi connectivity index (χ4v) is 3.72. The summed E-state index contributed by atoms with van der Waals surface area (Å²) >= 11 is 1.63. The van der Waals surface area contributed by atoms with E-state index in [1.165, 1.54) is 0 Å². The quantitative estimate of drug-likeness (QED) is 0.239. The lowest BCUT2D eigenvalue weighted by molar-refractivity contribution is -0.120. The molecule has 2 heterocycles. The van der Waals surface area contributed by atoms with Gasteiger partial charge in [-0.05, 0) is 18.9 Å². The topological polar surface area (TPSA) is 94.0 Å². The van der Waals surface area contributed by atoms with Crippen molar-refractivity contribution in [2.75, 3.05) is 37.4 Å². The normalized spacial score (nSPS) is 11.0. The summed E-state index contributed by atoms with van der Waals surface area (Å²) in [5.41, 5.74) is 1.77. The number of nitrogens with one attached hydrogen (secondary N) is 2. The van der Waals surface area contributed by atoms with E-state index in [0.717, 1.165) is 39.7 Å².